The van der Waals surface area contributed by atoms with Gasteiger partial charge in [0.05, 0.1) is 11.6 Å². The largest absolute Gasteiger partial charge is 0.444 e. The molecule has 2 aromatic heterocycles. The third kappa shape index (κ3) is 5.26. The first-order valence-corrected chi connectivity index (χ1v) is 11.2. The molecule has 0 aliphatic heterocycles. The molecule has 0 bridgehead atoms. The molecule has 0 spiro atoms. The summed E-state index contributed by atoms with van der Waals surface area (Å²) in [6.07, 6.45) is 2.87. The number of hydrogen-bond acceptors (Lipinski definition) is 3. The molecular weight excluding hydrogens is 463 g/mol. The highest BCUT2D eigenvalue weighted by Gasteiger charge is 2.23. The Hall–Kier alpha value is -3.16. The van der Waals surface area contributed by atoms with Crippen LogP contribution in [-0.2, 0) is 4.74 Å². The van der Waals surface area contributed by atoms with E-state index in [1.54, 1.807) is 57.4 Å². The Morgan fingerprint density at radius 1 is 0.970 bits per heavy atom. The number of carbonyl (C=O) groups is 2. The van der Waals surface area contributed by atoms with Crippen LogP contribution in [0.4, 0.5) is 4.79 Å². The van der Waals surface area contributed by atoms with Gasteiger partial charge in [-0.2, -0.15) is 0 Å². The highest BCUT2D eigenvalue weighted by atomic mass is 35.5. The molecule has 2 heterocycles. The molecule has 2 aromatic carbocycles. The number of ether oxygens (including phenoxy) is 1. The summed E-state index contributed by atoms with van der Waals surface area (Å²) in [5.41, 5.74) is 2.26. The monoisotopic (exact) mass is 486 g/mol. The molecule has 0 saturated carbocycles. The van der Waals surface area contributed by atoms with Crippen LogP contribution in [0, 0.1) is 0 Å². The SMILES string of the molecule is CC(C)(C)OC(=O)NCC(NC(=O)c1c[nH]c2cc(Cl)ccc12)c1c[nH]c2ccc(Cl)cc12. The van der Waals surface area contributed by atoms with Crippen molar-refractivity contribution < 1.29 is 14.3 Å². The topological polar surface area (TPSA) is 99.0 Å². The van der Waals surface area contributed by atoms with Crippen molar-refractivity contribution in [3.63, 3.8) is 0 Å². The lowest BCUT2D eigenvalue weighted by atomic mass is 10.0. The summed E-state index contributed by atoms with van der Waals surface area (Å²) in [4.78, 5) is 31.8. The summed E-state index contributed by atoms with van der Waals surface area (Å²) in [6.45, 7) is 5.48. The number of hydrogen-bond donors (Lipinski definition) is 4. The normalized spacial score (nSPS) is 12.6. The van der Waals surface area contributed by atoms with Crippen LogP contribution in [0.1, 0.15) is 42.7 Å². The first-order chi connectivity index (χ1) is 15.6. The van der Waals surface area contributed by atoms with Gasteiger partial charge < -0.3 is 25.3 Å². The molecule has 2 amide bonds. The minimum atomic E-state index is -0.636. The van der Waals surface area contributed by atoms with E-state index in [1.165, 1.54) is 0 Å². The standard InChI is InChI=1S/C24H24Cl2N4O3/c1-24(2,3)33-23(32)29-12-21(17-10-27-19-7-5-13(25)8-16(17)19)30-22(31)18-11-28-20-9-14(26)4-6-15(18)20/h4-11,21,27-28H,12H2,1-3H3,(H,29,32)(H,30,31). The molecule has 0 aliphatic rings. The molecule has 1 unspecified atom stereocenters. The number of benzene rings is 2. The van der Waals surface area contributed by atoms with Gasteiger partial charge >= 0.3 is 6.09 Å². The Bertz CT molecular complexity index is 1340. The second-order valence-electron chi connectivity index (χ2n) is 8.74. The van der Waals surface area contributed by atoms with Gasteiger partial charge in [0.1, 0.15) is 5.60 Å². The Kier molecular flexibility index (Phi) is 6.28. The van der Waals surface area contributed by atoms with Gasteiger partial charge in [-0.3, -0.25) is 4.79 Å². The number of halogens is 2. The van der Waals surface area contributed by atoms with Crippen molar-refractivity contribution >= 4 is 57.0 Å². The van der Waals surface area contributed by atoms with E-state index in [2.05, 4.69) is 20.6 Å². The highest BCUT2D eigenvalue weighted by Crippen LogP contribution is 2.28. The van der Waals surface area contributed by atoms with Crippen molar-refractivity contribution in [3.05, 3.63) is 70.0 Å². The van der Waals surface area contributed by atoms with Gasteiger partial charge in [0.2, 0.25) is 0 Å². The summed E-state index contributed by atoms with van der Waals surface area (Å²) in [7, 11) is 0. The molecule has 4 rings (SSSR count). The molecule has 33 heavy (non-hydrogen) atoms. The molecule has 9 heteroatoms. The van der Waals surface area contributed by atoms with Crippen LogP contribution in [0.3, 0.4) is 0 Å². The van der Waals surface area contributed by atoms with Gasteiger partial charge in [0.15, 0.2) is 0 Å². The zero-order chi connectivity index (χ0) is 23.8. The van der Waals surface area contributed by atoms with Crippen LogP contribution in [0.15, 0.2) is 48.8 Å². The average Bonchev–Trinajstić information content (AvgIpc) is 3.33. The zero-order valence-corrected chi connectivity index (χ0v) is 19.9. The van der Waals surface area contributed by atoms with Crippen LogP contribution in [0.2, 0.25) is 10.0 Å². The second-order valence-corrected chi connectivity index (χ2v) is 9.61. The predicted octanol–water partition coefficient (Wildman–Crippen LogP) is 5.95. The number of aromatic amines is 2. The van der Waals surface area contributed by atoms with Gasteiger partial charge in [0.25, 0.3) is 5.91 Å². The molecule has 172 valence electrons. The minimum Gasteiger partial charge on any atom is -0.444 e. The lowest BCUT2D eigenvalue weighted by Crippen LogP contribution is -2.40. The third-order valence-corrected chi connectivity index (χ3v) is 5.56. The van der Waals surface area contributed by atoms with Crippen LogP contribution in [0.5, 0.6) is 0 Å². The van der Waals surface area contributed by atoms with Crippen LogP contribution in [-0.4, -0.2) is 34.1 Å². The number of nitrogens with one attached hydrogen (secondary N) is 4. The number of fused-ring (bicyclic) bond motifs is 2. The molecule has 0 fully saturated rings. The van der Waals surface area contributed by atoms with E-state index in [9.17, 15) is 9.59 Å². The molecule has 0 saturated heterocycles. The van der Waals surface area contributed by atoms with Crippen molar-refractivity contribution in [3.8, 4) is 0 Å². The lowest BCUT2D eigenvalue weighted by Gasteiger charge is -2.22. The fourth-order valence-corrected chi connectivity index (χ4v) is 4.01. The number of H-pyrrole nitrogens is 2. The first-order valence-electron chi connectivity index (χ1n) is 10.4. The second kappa shape index (κ2) is 9.00. The van der Waals surface area contributed by atoms with Gasteiger partial charge in [-0.15, -0.1) is 0 Å². The molecule has 4 aromatic rings. The predicted molar refractivity (Wildman–Crippen MR) is 131 cm³/mol. The van der Waals surface area contributed by atoms with Crippen molar-refractivity contribution in [2.45, 2.75) is 32.4 Å². The van der Waals surface area contributed by atoms with E-state index in [-0.39, 0.29) is 12.5 Å². The van der Waals surface area contributed by atoms with Crippen LogP contribution >= 0.6 is 23.2 Å². The van der Waals surface area contributed by atoms with E-state index in [0.29, 0.717) is 15.6 Å². The molecular formula is C24H24Cl2N4O3. The summed E-state index contributed by atoms with van der Waals surface area (Å²) in [5.74, 6) is -0.295. The van der Waals surface area contributed by atoms with Crippen LogP contribution in [0.25, 0.3) is 21.8 Å². The summed E-state index contributed by atoms with van der Waals surface area (Å²) < 4.78 is 5.35. The fraction of sp³-hybridized carbons (Fsp3) is 0.250. The van der Waals surface area contributed by atoms with Crippen molar-refractivity contribution in [1.82, 2.24) is 20.6 Å². The number of aromatic nitrogens is 2. The van der Waals surface area contributed by atoms with E-state index in [4.69, 9.17) is 27.9 Å². The fourth-order valence-electron chi connectivity index (χ4n) is 3.66. The van der Waals surface area contributed by atoms with Crippen LogP contribution < -0.4 is 10.6 Å². The van der Waals surface area contributed by atoms with Gasteiger partial charge in [-0.05, 0) is 51.1 Å². The van der Waals surface area contributed by atoms with Crippen molar-refractivity contribution in [1.29, 1.82) is 0 Å². The Morgan fingerprint density at radius 3 is 2.42 bits per heavy atom. The van der Waals surface area contributed by atoms with Crippen molar-refractivity contribution in [2.75, 3.05) is 6.54 Å². The first kappa shape index (κ1) is 23.0. The van der Waals surface area contributed by atoms with E-state index in [0.717, 1.165) is 27.4 Å². The molecule has 1 atom stereocenters. The Morgan fingerprint density at radius 2 is 1.67 bits per heavy atom. The Balaban J connectivity index is 1.63. The lowest BCUT2D eigenvalue weighted by molar-refractivity contribution is 0.0520. The maximum Gasteiger partial charge on any atom is 0.407 e. The molecule has 0 aliphatic carbocycles. The van der Waals surface area contributed by atoms with Gasteiger partial charge in [0, 0.05) is 56.4 Å². The number of rotatable bonds is 5. The van der Waals surface area contributed by atoms with E-state index >= 15 is 0 Å². The van der Waals surface area contributed by atoms with Crippen molar-refractivity contribution in [2.24, 2.45) is 0 Å². The smallest absolute Gasteiger partial charge is 0.407 e. The summed E-state index contributed by atoms with van der Waals surface area (Å²) in [5, 5.41) is 8.53. The van der Waals surface area contributed by atoms with Gasteiger partial charge in [-0.25, -0.2) is 4.79 Å². The summed E-state index contributed by atoms with van der Waals surface area (Å²) in [6, 6.07) is 10.2. The quantitative estimate of drug-likeness (QED) is 0.280. The minimum absolute atomic E-state index is 0.119. The third-order valence-electron chi connectivity index (χ3n) is 5.09. The number of amides is 2. The Labute approximate surface area is 200 Å². The maximum absolute atomic E-state index is 13.2. The van der Waals surface area contributed by atoms with E-state index < -0.39 is 17.7 Å². The zero-order valence-electron chi connectivity index (χ0n) is 18.4. The highest BCUT2D eigenvalue weighted by molar-refractivity contribution is 6.31. The molecule has 7 nitrogen and oxygen atoms in total. The van der Waals surface area contributed by atoms with E-state index in [1.807, 2.05) is 12.1 Å². The summed E-state index contributed by atoms with van der Waals surface area (Å²) >= 11 is 12.3. The number of carbonyl (C=O) groups excluding carboxylic acids is 2. The maximum atomic E-state index is 13.2. The molecule has 4 N–H and O–H groups in total. The number of alkyl carbamates (subject to hydrolysis) is 1. The average molecular weight is 487 g/mol. The van der Waals surface area contributed by atoms with Gasteiger partial charge in [-0.1, -0.05) is 29.3 Å². The molecule has 0 radical (unpaired) electrons.